The Bertz CT molecular complexity index is 627. The number of nitrogen functional groups attached to an aromatic ring is 1. The molecule has 0 radical (unpaired) electrons. The summed E-state index contributed by atoms with van der Waals surface area (Å²) in [7, 11) is 0. The fraction of sp³-hybridized carbons (Fsp3) is 0.0833. The third kappa shape index (κ3) is 3.17. The van der Waals surface area contributed by atoms with Crippen LogP contribution < -0.4 is 11.1 Å². The van der Waals surface area contributed by atoms with Crippen molar-refractivity contribution in [2.75, 3.05) is 11.1 Å². The van der Waals surface area contributed by atoms with Gasteiger partial charge < -0.3 is 5.73 Å². The van der Waals surface area contributed by atoms with Gasteiger partial charge >= 0.3 is 0 Å². The first-order chi connectivity index (χ1) is 8.95. The van der Waals surface area contributed by atoms with Crippen LogP contribution >= 0.6 is 11.6 Å². The van der Waals surface area contributed by atoms with E-state index in [0.717, 1.165) is 6.07 Å². The Hall–Kier alpha value is -2.21. The molecule has 0 spiro atoms. The summed E-state index contributed by atoms with van der Waals surface area (Å²) in [6.07, 6.45) is 0. The summed E-state index contributed by atoms with van der Waals surface area (Å²) in [6, 6.07) is 5.33. The summed E-state index contributed by atoms with van der Waals surface area (Å²) < 4.78 is 13.6. The second-order valence-corrected chi connectivity index (χ2v) is 4.24. The first kappa shape index (κ1) is 13.2. The first-order valence-electron chi connectivity index (χ1n) is 5.33. The standard InChI is InChI=1S/C12H10ClFN4O/c1-6-4-10(13)17-12(16-6)18-11(19)8-3-2-7(15)5-9(8)14/h2-5H,15H2,1H3,(H,16,17,18,19). The van der Waals surface area contributed by atoms with Crippen molar-refractivity contribution in [1.29, 1.82) is 0 Å². The van der Waals surface area contributed by atoms with Crippen LogP contribution in [0.5, 0.6) is 0 Å². The van der Waals surface area contributed by atoms with Crippen molar-refractivity contribution in [3.8, 4) is 0 Å². The number of carbonyl (C=O) groups excluding carboxylic acids is 1. The summed E-state index contributed by atoms with van der Waals surface area (Å²) >= 11 is 5.74. The SMILES string of the molecule is Cc1cc(Cl)nc(NC(=O)c2ccc(N)cc2F)n1. The van der Waals surface area contributed by atoms with Crippen molar-refractivity contribution in [3.63, 3.8) is 0 Å². The molecule has 0 saturated carbocycles. The van der Waals surface area contributed by atoms with E-state index in [1.807, 2.05) is 0 Å². The zero-order chi connectivity index (χ0) is 14.0. The molecular formula is C12H10ClFN4O. The Kier molecular flexibility index (Phi) is 3.62. The van der Waals surface area contributed by atoms with Gasteiger partial charge in [0.2, 0.25) is 5.95 Å². The number of hydrogen-bond acceptors (Lipinski definition) is 4. The van der Waals surface area contributed by atoms with Crippen LogP contribution in [0, 0.1) is 12.7 Å². The van der Waals surface area contributed by atoms with Gasteiger partial charge in [-0.15, -0.1) is 0 Å². The number of nitrogens with two attached hydrogens (primary N) is 1. The molecule has 1 aromatic carbocycles. The van der Waals surface area contributed by atoms with E-state index in [1.165, 1.54) is 12.1 Å². The Labute approximate surface area is 113 Å². The van der Waals surface area contributed by atoms with Crippen LogP contribution in [0.25, 0.3) is 0 Å². The van der Waals surface area contributed by atoms with Crippen LogP contribution in [0.4, 0.5) is 16.0 Å². The molecule has 7 heteroatoms. The molecule has 0 saturated heterocycles. The number of benzene rings is 1. The molecule has 0 aliphatic carbocycles. The van der Waals surface area contributed by atoms with E-state index in [1.54, 1.807) is 13.0 Å². The summed E-state index contributed by atoms with van der Waals surface area (Å²) in [5.41, 5.74) is 6.09. The molecule has 0 bridgehead atoms. The fourth-order valence-corrected chi connectivity index (χ4v) is 1.71. The van der Waals surface area contributed by atoms with Crippen molar-refractivity contribution in [1.82, 2.24) is 9.97 Å². The Morgan fingerprint density at radius 3 is 2.74 bits per heavy atom. The van der Waals surface area contributed by atoms with Gasteiger partial charge in [0.1, 0.15) is 11.0 Å². The van der Waals surface area contributed by atoms with Gasteiger partial charge in [0.25, 0.3) is 5.91 Å². The van der Waals surface area contributed by atoms with Crippen LogP contribution in [-0.2, 0) is 0 Å². The molecule has 2 rings (SSSR count). The molecule has 2 aromatic rings. The molecule has 1 aromatic heterocycles. The minimum Gasteiger partial charge on any atom is -0.399 e. The van der Waals surface area contributed by atoms with Crippen molar-refractivity contribution < 1.29 is 9.18 Å². The maximum Gasteiger partial charge on any atom is 0.260 e. The maximum absolute atomic E-state index is 13.6. The highest BCUT2D eigenvalue weighted by atomic mass is 35.5. The monoisotopic (exact) mass is 280 g/mol. The molecule has 0 unspecified atom stereocenters. The van der Waals surface area contributed by atoms with Crippen molar-refractivity contribution in [2.24, 2.45) is 0 Å². The minimum atomic E-state index is -0.712. The van der Waals surface area contributed by atoms with E-state index in [0.29, 0.717) is 5.69 Å². The Balaban J connectivity index is 2.25. The third-order valence-electron chi connectivity index (χ3n) is 2.29. The second kappa shape index (κ2) is 5.19. The largest absolute Gasteiger partial charge is 0.399 e. The quantitative estimate of drug-likeness (QED) is 0.654. The molecule has 3 N–H and O–H groups in total. The van der Waals surface area contributed by atoms with E-state index in [9.17, 15) is 9.18 Å². The zero-order valence-corrected chi connectivity index (χ0v) is 10.7. The number of carbonyl (C=O) groups is 1. The predicted molar refractivity (Wildman–Crippen MR) is 70.5 cm³/mol. The Morgan fingerprint density at radius 2 is 2.11 bits per heavy atom. The van der Waals surface area contributed by atoms with Gasteiger partial charge in [0, 0.05) is 11.4 Å². The number of nitrogens with one attached hydrogen (secondary N) is 1. The van der Waals surface area contributed by atoms with Gasteiger partial charge in [-0.3, -0.25) is 10.1 Å². The number of aryl methyl sites for hydroxylation is 1. The lowest BCUT2D eigenvalue weighted by Crippen LogP contribution is -2.16. The number of anilines is 2. The van der Waals surface area contributed by atoms with E-state index in [4.69, 9.17) is 17.3 Å². The summed E-state index contributed by atoms with van der Waals surface area (Å²) in [5, 5.41) is 2.57. The molecule has 19 heavy (non-hydrogen) atoms. The number of amides is 1. The predicted octanol–water partition coefficient (Wildman–Crippen LogP) is 2.41. The summed E-state index contributed by atoms with van der Waals surface area (Å²) in [6.45, 7) is 1.70. The maximum atomic E-state index is 13.6. The van der Waals surface area contributed by atoms with Gasteiger partial charge in [-0.2, -0.15) is 0 Å². The summed E-state index contributed by atoms with van der Waals surface area (Å²) in [5.74, 6) is -1.36. The van der Waals surface area contributed by atoms with Crippen molar-refractivity contribution >= 4 is 29.1 Å². The second-order valence-electron chi connectivity index (χ2n) is 3.85. The number of aromatic nitrogens is 2. The van der Waals surface area contributed by atoms with Gasteiger partial charge in [-0.25, -0.2) is 14.4 Å². The van der Waals surface area contributed by atoms with Crippen LogP contribution in [-0.4, -0.2) is 15.9 Å². The van der Waals surface area contributed by atoms with Crippen LogP contribution in [0.2, 0.25) is 5.15 Å². The molecule has 5 nitrogen and oxygen atoms in total. The van der Waals surface area contributed by atoms with E-state index >= 15 is 0 Å². The molecule has 0 aliphatic rings. The highest BCUT2D eigenvalue weighted by Crippen LogP contribution is 2.14. The normalized spacial score (nSPS) is 10.3. The number of nitrogens with zero attached hydrogens (tertiary/aromatic N) is 2. The molecule has 0 aliphatic heterocycles. The minimum absolute atomic E-state index is 0.0197. The van der Waals surface area contributed by atoms with E-state index in [-0.39, 0.29) is 22.4 Å². The molecule has 1 amide bonds. The molecule has 98 valence electrons. The van der Waals surface area contributed by atoms with Crippen molar-refractivity contribution in [3.05, 3.63) is 46.5 Å². The van der Waals surface area contributed by atoms with Crippen LogP contribution in [0.15, 0.2) is 24.3 Å². The lowest BCUT2D eigenvalue weighted by atomic mass is 10.2. The first-order valence-corrected chi connectivity index (χ1v) is 5.71. The van der Waals surface area contributed by atoms with Gasteiger partial charge in [-0.1, -0.05) is 11.6 Å². The zero-order valence-electron chi connectivity index (χ0n) is 9.95. The van der Waals surface area contributed by atoms with Gasteiger partial charge in [-0.05, 0) is 31.2 Å². The molecule has 1 heterocycles. The highest BCUT2D eigenvalue weighted by molar-refractivity contribution is 6.29. The van der Waals surface area contributed by atoms with Crippen LogP contribution in [0.1, 0.15) is 16.1 Å². The Morgan fingerprint density at radius 1 is 1.37 bits per heavy atom. The number of rotatable bonds is 2. The van der Waals surface area contributed by atoms with Gasteiger partial charge in [0.05, 0.1) is 5.56 Å². The molecular weight excluding hydrogens is 271 g/mol. The molecule has 0 atom stereocenters. The average Bonchev–Trinajstić information content (AvgIpc) is 2.26. The smallest absolute Gasteiger partial charge is 0.260 e. The van der Waals surface area contributed by atoms with Crippen LogP contribution in [0.3, 0.4) is 0 Å². The molecule has 0 fully saturated rings. The lowest BCUT2D eigenvalue weighted by Gasteiger charge is -2.06. The fourth-order valence-electron chi connectivity index (χ4n) is 1.47. The topological polar surface area (TPSA) is 80.9 Å². The average molecular weight is 281 g/mol. The third-order valence-corrected chi connectivity index (χ3v) is 2.48. The number of hydrogen-bond donors (Lipinski definition) is 2. The van der Waals surface area contributed by atoms with Gasteiger partial charge in [0.15, 0.2) is 0 Å². The van der Waals surface area contributed by atoms with E-state index < -0.39 is 11.7 Å². The highest BCUT2D eigenvalue weighted by Gasteiger charge is 2.13. The lowest BCUT2D eigenvalue weighted by molar-refractivity contribution is 0.102. The van der Waals surface area contributed by atoms with E-state index in [2.05, 4.69) is 15.3 Å². The number of halogens is 2. The van der Waals surface area contributed by atoms with Crippen molar-refractivity contribution in [2.45, 2.75) is 6.92 Å². The summed E-state index contributed by atoms with van der Waals surface area (Å²) in [4.78, 5) is 19.6.